The van der Waals surface area contributed by atoms with E-state index in [-0.39, 0.29) is 5.78 Å². The first-order chi connectivity index (χ1) is 12.8. The quantitative estimate of drug-likeness (QED) is 0.654. The second-order valence-corrected chi connectivity index (χ2v) is 5.58. The Bertz CT molecular complexity index is 770. The molecule has 0 atom stereocenters. The van der Waals surface area contributed by atoms with Gasteiger partial charge in [-0.15, -0.1) is 0 Å². The van der Waals surface area contributed by atoms with Crippen molar-refractivity contribution in [3.05, 3.63) is 120 Å². The van der Waals surface area contributed by atoms with Gasteiger partial charge in [0, 0.05) is 6.54 Å². The third-order valence-corrected chi connectivity index (χ3v) is 3.56. The van der Waals surface area contributed by atoms with Gasteiger partial charge in [-0.05, 0) is 28.8 Å². The largest absolute Gasteiger partial charge is 0.326 e. The molecule has 0 saturated carbocycles. The molecule has 0 bridgehead atoms. The summed E-state index contributed by atoms with van der Waals surface area (Å²) in [7, 11) is 0. The summed E-state index contributed by atoms with van der Waals surface area (Å²) in [6.45, 7) is 0.640. The number of hydrogen-bond acceptors (Lipinski definition) is 2. The van der Waals surface area contributed by atoms with E-state index in [0.29, 0.717) is 6.54 Å². The van der Waals surface area contributed by atoms with E-state index in [4.69, 9.17) is 5.73 Å². The van der Waals surface area contributed by atoms with Crippen molar-refractivity contribution in [1.29, 1.82) is 0 Å². The molecule has 0 aliphatic heterocycles. The number of allylic oxidation sites excluding steroid dienone is 2. The SMILES string of the molecule is NCc1ccccc1.O=C(/C=C/c1ccccc1)/C=C/c1ccccc1. The van der Waals surface area contributed by atoms with Gasteiger partial charge in [-0.2, -0.15) is 0 Å². The average Bonchev–Trinajstić information content (AvgIpc) is 2.73. The fourth-order valence-electron chi connectivity index (χ4n) is 2.15. The van der Waals surface area contributed by atoms with Crippen molar-refractivity contribution in [3.8, 4) is 0 Å². The van der Waals surface area contributed by atoms with E-state index >= 15 is 0 Å². The van der Waals surface area contributed by atoms with Crippen molar-refractivity contribution in [1.82, 2.24) is 0 Å². The van der Waals surface area contributed by atoms with Gasteiger partial charge < -0.3 is 5.73 Å². The Hall–Kier alpha value is -3.23. The van der Waals surface area contributed by atoms with Gasteiger partial charge in [0.15, 0.2) is 5.78 Å². The van der Waals surface area contributed by atoms with Crippen LogP contribution < -0.4 is 5.73 Å². The predicted molar refractivity (Wildman–Crippen MR) is 110 cm³/mol. The number of nitrogens with two attached hydrogens (primary N) is 1. The Morgan fingerprint density at radius 3 is 1.38 bits per heavy atom. The van der Waals surface area contributed by atoms with Gasteiger partial charge in [0.1, 0.15) is 0 Å². The van der Waals surface area contributed by atoms with Crippen LogP contribution in [0, 0.1) is 0 Å². The summed E-state index contributed by atoms with van der Waals surface area (Å²) in [5.41, 5.74) is 8.59. The molecule has 3 aromatic rings. The zero-order chi connectivity index (χ0) is 18.5. The van der Waals surface area contributed by atoms with Crippen molar-refractivity contribution in [3.63, 3.8) is 0 Å². The highest BCUT2D eigenvalue weighted by atomic mass is 16.1. The summed E-state index contributed by atoms with van der Waals surface area (Å²) in [6.07, 6.45) is 6.79. The number of carbonyl (C=O) groups is 1. The molecule has 26 heavy (non-hydrogen) atoms. The topological polar surface area (TPSA) is 43.1 Å². The average molecular weight is 341 g/mol. The highest BCUT2D eigenvalue weighted by Gasteiger charge is 1.90. The van der Waals surface area contributed by atoms with Crippen molar-refractivity contribution in [2.45, 2.75) is 6.54 Å². The number of ketones is 1. The van der Waals surface area contributed by atoms with Crippen molar-refractivity contribution < 1.29 is 4.79 Å². The summed E-state index contributed by atoms with van der Waals surface area (Å²) < 4.78 is 0. The molecule has 3 aromatic carbocycles. The summed E-state index contributed by atoms with van der Waals surface area (Å²) in [4.78, 5) is 11.6. The molecule has 130 valence electrons. The van der Waals surface area contributed by atoms with Crippen molar-refractivity contribution in [2.24, 2.45) is 5.73 Å². The second kappa shape index (κ2) is 11.3. The van der Waals surface area contributed by atoms with Gasteiger partial charge in [0.25, 0.3) is 0 Å². The van der Waals surface area contributed by atoms with E-state index in [9.17, 15) is 4.79 Å². The predicted octanol–water partition coefficient (Wildman–Crippen LogP) is 5.13. The lowest BCUT2D eigenvalue weighted by atomic mass is 10.1. The van der Waals surface area contributed by atoms with E-state index in [2.05, 4.69) is 0 Å². The first-order valence-electron chi connectivity index (χ1n) is 8.52. The van der Waals surface area contributed by atoms with Gasteiger partial charge in [0.05, 0.1) is 0 Å². The van der Waals surface area contributed by atoms with Crippen LogP contribution in [-0.4, -0.2) is 5.78 Å². The Kier molecular flexibility index (Phi) is 8.33. The Morgan fingerprint density at radius 1 is 0.654 bits per heavy atom. The normalized spacial score (nSPS) is 10.5. The molecule has 0 fully saturated rings. The molecule has 3 rings (SSSR count). The number of hydrogen-bond donors (Lipinski definition) is 1. The molecule has 0 heterocycles. The van der Waals surface area contributed by atoms with Crippen molar-refractivity contribution in [2.75, 3.05) is 0 Å². The van der Waals surface area contributed by atoms with E-state index in [1.165, 1.54) is 5.56 Å². The fourth-order valence-corrected chi connectivity index (χ4v) is 2.15. The van der Waals surface area contributed by atoms with Gasteiger partial charge in [-0.3, -0.25) is 4.79 Å². The Labute approximate surface area is 155 Å². The smallest absolute Gasteiger partial charge is 0.178 e. The minimum absolute atomic E-state index is 0.0114. The minimum atomic E-state index is -0.0114. The van der Waals surface area contributed by atoms with E-state index in [1.54, 1.807) is 12.2 Å². The van der Waals surface area contributed by atoms with Crippen LogP contribution in [0.1, 0.15) is 16.7 Å². The first kappa shape index (κ1) is 19.1. The van der Waals surface area contributed by atoms with Crippen LogP contribution >= 0.6 is 0 Å². The maximum atomic E-state index is 11.6. The first-order valence-corrected chi connectivity index (χ1v) is 8.52. The Balaban J connectivity index is 0.000000254. The van der Waals surface area contributed by atoms with Crippen LogP contribution in [0.5, 0.6) is 0 Å². The molecule has 0 amide bonds. The van der Waals surface area contributed by atoms with Gasteiger partial charge in [-0.1, -0.05) is 103 Å². The molecular weight excluding hydrogens is 318 g/mol. The van der Waals surface area contributed by atoms with Crippen LogP contribution in [0.15, 0.2) is 103 Å². The lowest BCUT2D eigenvalue weighted by Crippen LogP contribution is -1.94. The molecule has 0 unspecified atom stereocenters. The maximum Gasteiger partial charge on any atom is 0.178 e. The third-order valence-electron chi connectivity index (χ3n) is 3.56. The molecule has 2 nitrogen and oxygen atoms in total. The summed E-state index contributed by atoms with van der Waals surface area (Å²) >= 11 is 0. The fraction of sp³-hybridized carbons (Fsp3) is 0.0417. The number of benzene rings is 3. The van der Waals surface area contributed by atoms with Gasteiger partial charge >= 0.3 is 0 Å². The highest BCUT2D eigenvalue weighted by Crippen LogP contribution is 2.03. The monoisotopic (exact) mass is 341 g/mol. The molecule has 2 N–H and O–H groups in total. The van der Waals surface area contributed by atoms with Crippen LogP contribution in [0.25, 0.3) is 12.2 Å². The Morgan fingerprint density at radius 2 is 1.04 bits per heavy atom. The molecular formula is C24H23NO. The molecule has 0 aliphatic carbocycles. The van der Waals surface area contributed by atoms with Gasteiger partial charge in [0.2, 0.25) is 0 Å². The van der Waals surface area contributed by atoms with E-state index in [0.717, 1.165) is 11.1 Å². The lowest BCUT2D eigenvalue weighted by Gasteiger charge is -1.91. The standard InChI is InChI=1S/C17H14O.C7H9N/c18-17(13-11-15-7-3-1-4-8-15)14-12-16-9-5-2-6-10-16;8-6-7-4-2-1-3-5-7/h1-14H;1-5H,6,8H2/b13-11+,14-12+;. The van der Waals surface area contributed by atoms with Crippen LogP contribution in [0.2, 0.25) is 0 Å². The minimum Gasteiger partial charge on any atom is -0.326 e. The van der Waals surface area contributed by atoms with Crippen molar-refractivity contribution >= 4 is 17.9 Å². The molecule has 0 saturated heterocycles. The zero-order valence-electron chi connectivity index (χ0n) is 14.7. The molecule has 0 spiro atoms. The summed E-state index contributed by atoms with van der Waals surface area (Å²) in [6, 6.07) is 29.5. The van der Waals surface area contributed by atoms with Crippen LogP contribution in [-0.2, 0) is 11.3 Å². The van der Waals surface area contributed by atoms with E-state index < -0.39 is 0 Å². The summed E-state index contributed by atoms with van der Waals surface area (Å²) in [5, 5.41) is 0. The number of rotatable bonds is 5. The molecule has 0 aromatic heterocycles. The highest BCUT2D eigenvalue weighted by molar-refractivity contribution is 6.04. The maximum absolute atomic E-state index is 11.6. The van der Waals surface area contributed by atoms with E-state index in [1.807, 2.05) is 103 Å². The lowest BCUT2D eigenvalue weighted by molar-refractivity contribution is -0.110. The number of carbonyl (C=O) groups excluding carboxylic acids is 1. The second-order valence-electron chi connectivity index (χ2n) is 5.58. The molecule has 2 heteroatoms. The molecule has 0 aliphatic rings. The molecule has 0 radical (unpaired) electrons. The van der Waals surface area contributed by atoms with Crippen LogP contribution in [0.4, 0.5) is 0 Å². The third kappa shape index (κ3) is 7.56. The van der Waals surface area contributed by atoms with Crippen LogP contribution in [0.3, 0.4) is 0 Å². The zero-order valence-corrected chi connectivity index (χ0v) is 14.7. The summed E-state index contributed by atoms with van der Waals surface area (Å²) in [5.74, 6) is -0.0114. The van der Waals surface area contributed by atoms with Gasteiger partial charge in [-0.25, -0.2) is 0 Å².